The Hall–Kier alpha value is -1.80. The highest BCUT2D eigenvalue weighted by atomic mass is 32.1. The molecular formula is C22H25NS. The number of benzene rings is 2. The second-order valence-electron chi connectivity index (χ2n) is 7.91. The van der Waals surface area contributed by atoms with Gasteiger partial charge in [0.2, 0.25) is 0 Å². The zero-order valence-corrected chi connectivity index (χ0v) is 15.4. The molecule has 1 heterocycles. The van der Waals surface area contributed by atoms with Crippen LogP contribution in [0.1, 0.15) is 58.5 Å². The van der Waals surface area contributed by atoms with Gasteiger partial charge in [0.05, 0.1) is 11.9 Å². The molecule has 4 rings (SSSR count). The van der Waals surface area contributed by atoms with E-state index >= 15 is 0 Å². The third-order valence-electron chi connectivity index (χ3n) is 5.21. The lowest BCUT2D eigenvalue weighted by molar-refractivity contribution is 0.332. The van der Waals surface area contributed by atoms with Crippen LogP contribution in [0.15, 0.2) is 48.4 Å². The van der Waals surface area contributed by atoms with Gasteiger partial charge in [-0.1, -0.05) is 51.9 Å². The second kappa shape index (κ2) is 5.35. The Labute approximate surface area is 155 Å². The van der Waals surface area contributed by atoms with Crippen molar-refractivity contribution in [2.24, 2.45) is 0 Å². The predicted octanol–water partition coefficient (Wildman–Crippen LogP) is 6.99. The van der Waals surface area contributed by atoms with E-state index in [1.54, 1.807) is 0 Å². The summed E-state index contributed by atoms with van der Waals surface area (Å²) in [6.07, 6.45) is 2.27. The normalized spacial score (nSPS) is 21.2. The van der Waals surface area contributed by atoms with Gasteiger partial charge in [0.15, 0.2) is 0 Å². The highest BCUT2D eigenvalue weighted by molar-refractivity contribution is 7.22. The molecule has 1 nitrogen and oxygen atoms in total. The number of hydrogen-bond acceptors (Lipinski definition) is 2. The van der Waals surface area contributed by atoms with E-state index in [1.165, 1.54) is 22.5 Å². The van der Waals surface area contributed by atoms with Crippen molar-refractivity contribution in [3.63, 3.8) is 0 Å². The van der Waals surface area contributed by atoms with Gasteiger partial charge in [-0.05, 0) is 64.4 Å². The first kappa shape index (κ1) is 10.9. The molecule has 0 unspecified atom stereocenters. The zero-order chi connectivity index (χ0) is 21.3. The summed E-state index contributed by atoms with van der Waals surface area (Å²) >= 11 is 1.21. The molecule has 0 saturated carbocycles. The summed E-state index contributed by atoms with van der Waals surface area (Å²) in [5, 5.41) is 4.13. The maximum absolute atomic E-state index is 8.50. The van der Waals surface area contributed by atoms with E-state index in [0.717, 1.165) is 18.5 Å². The first-order valence-corrected chi connectivity index (χ1v) is 9.17. The first-order chi connectivity index (χ1) is 13.4. The monoisotopic (exact) mass is 340 g/mol. The zero-order valence-electron chi connectivity index (χ0n) is 19.6. The van der Waals surface area contributed by atoms with Gasteiger partial charge >= 0.3 is 0 Å². The topological polar surface area (TPSA) is 12.0 Å². The maximum Gasteiger partial charge on any atom is 0.0939 e. The number of anilines is 2. The van der Waals surface area contributed by atoms with Gasteiger partial charge < -0.3 is 5.32 Å². The molecule has 2 heteroatoms. The highest BCUT2D eigenvalue weighted by Crippen LogP contribution is 2.46. The van der Waals surface area contributed by atoms with Gasteiger partial charge in [0, 0.05) is 10.4 Å². The number of hydrogen-bond donors (Lipinski definition) is 1. The van der Waals surface area contributed by atoms with E-state index < -0.39 is 0 Å². The molecule has 0 fully saturated rings. The highest BCUT2D eigenvalue weighted by Gasteiger charge is 2.36. The van der Waals surface area contributed by atoms with E-state index in [2.05, 4.69) is 45.1 Å². The summed E-state index contributed by atoms with van der Waals surface area (Å²) in [5.74, 6) is 0. The Morgan fingerprint density at radius 2 is 1.71 bits per heavy atom. The predicted molar refractivity (Wildman–Crippen MR) is 107 cm³/mol. The molecule has 1 aliphatic rings. The summed E-state index contributed by atoms with van der Waals surface area (Å²) in [6.45, 7) is 9.10. The van der Waals surface area contributed by atoms with E-state index in [-0.39, 0.29) is 46.4 Å². The van der Waals surface area contributed by atoms with Crippen LogP contribution in [0.4, 0.5) is 10.7 Å². The van der Waals surface area contributed by atoms with Crippen LogP contribution in [-0.2, 0) is 10.8 Å². The molecule has 0 aliphatic heterocycles. The Morgan fingerprint density at radius 3 is 2.50 bits per heavy atom. The van der Waals surface area contributed by atoms with Crippen molar-refractivity contribution in [1.82, 2.24) is 0 Å². The van der Waals surface area contributed by atoms with Crippen LogP contribution in [0, 0.1) is 0 Å². The molecule has 2 aromatic carbocycles. The molecule has 24 heavy (non-hydrogen) atoms. The number of fused-ring (bicyclic) bond motifs is 2. The van der Waals surface area contributed by atoms with Crippen molar-refractivity contribution >= 4 is 32.1 Å². The number of thiophene rings is 1. The van der Waals surface area contributed by atoms with Crippen LogP contribution >= 0.6 is 11.3 Å². The van der Waals surface area contributed by atoms with E-state index in [9.17, 15) is 0 Å². The van der Waals surface area contributed by atoms with Crippen molar-refractivity contribution in [1.29, 1.82) is 0 Å². The molecule has 0 saturated heterocycles. The Morgan fingerprint density at radius 1 is 1.00 bits per heavy atom. The molecule has 3 aromatic rings. The summed E-state index contributed by atoms with van der Waals surface area (Å²) in [6, 6.07) is 5.70. The van der Waals surface area contributed by atoms with E-state index in [4.69, 9.17) is 6.85 Å². The van der Waals surface area contributed by atoms with Crippen LogP contribution < -0.4 is 5.32 Å². The SMILES string of the molecule is [2H]c1c([2H])c([2H])c2c([2H])c(Nc3ccc4c(c3)C(C)(C)CCC4(C)C)sc2c1[2H]. The quantitative estimate of drug-likeness (QED) is 0.530. The second-order valence-corrected chi connectivity index (χ2v) is 8.93. The molecule has 124 valence electrons. The van der Waals surface area contributed by atoms with Gasteiger partial charge in [0.25, 0.3) is 0 Å². The minimum absolute atomic E-state index is 0.0788. The lowest BCUT2D eigenvalue weighted by Crippen LogP contribution is -2.33. The van der Waals surface area contributed by atoms with Gasteiger partial charge in [-0.3, -0.25) is 0 Å². The van der Waals surface area contributed by atoms with Crippen LogP contribution in [0.25, 0.3) is 10.1 Å². The van der Waals surface area contributed by atoms with Gasteiger partial charge in [-0.15, -0.1) is 11.3 Å². The molecule has 0 spiro atoms. The fourth-order valence-electron chi connectivity index (χ4n) is 3.56. The average molecular weight is 341 g/mol. The number of rotatable bonds is 2. The minimum atomic E-state index is -0.293. The first-order valence-electron chi connectivity index (χ1n) is 10.9. The summed E-state index contributed by atoms with van der Waals surface area (Å²) < 4.78 is 41.0. The lowest BCUT2D eigenvalue weighted by Gasteiger charge is -2.42. The smallest absolute Gasteiger partial charge is 0.0939 e. The van der Waals surface area contributed by atoms with Crippen molar-refractivity contribution in [3.8, 4) is 0 Å². The summed E-state index contributed by atoms with van der Waals surface area (Å²) in [7, 11) is 0. The third kappa shape index (κ3) is 2.63. The van der Waals surface area contributed by atoms with Crippen molar-refractivity contribution < 1.29 is 6.85 Å². The summed E-state index contributed by atoms with van der Waals surface area (Å²) in [4.78, 5) is 0. The molecule has 1 aliphatic carbocycles. The van der Waals surface area contributed by atoms with Gasteiger partial charge in [-0.25, -0.2) is 0 Å². The van der Waals surface area contributed by atoms with Crippen molar-refractivity contribution in [3.05, 3.63) is 59.5 Å². The van der Waals surface area contributed by atoms with Crippen LogP contribution in [0.3, 0.4) is 0 Å². The fourth-order valence-corrected chi connectivity index (χ4v) is 4.39. The molecular weight excluding hydrogens is 310 g/mol. The molecule has 0 amide bonds. The Kier molecular flexibility index (Phi) is 2.44. The van der Waals surface area contributed by atoms with E-state index in [1.807, 2.05) is 6.07 Å². The fraction of sp³-hybridized carbons (Fsp3) is 0.364. The van der Waals surface area contributed by atoms with Crippen LogP contribution in [-0.4, -0.2) is 0 Å². The molecule has 0 atom stereocenters. The molecule has 1 aromatic heterocycles. The van der Waals surface area contributed by atoms with Crippen molar-refractivity contribution in [2.75, 3.05) is 5.32 Å². The lowest BCUT2D eigenvalue weighted by atomic mass is 9.63. The van der Waals surface area contributed by atoms with Gasteiger partial charge in [0.1, 0.15) is 0 Å². The van der Waals surface area contributed by atoms with Crippen molar-refractivity contribution in [2.45, 2.75) is 51.4 Å². The Balaban J connectivity index is 1.82. The maximum atomic E-state index is 8.50. The Bertz CT molecular complexity index is 1150. The third-order valence-corrected chi connectivity index (χ3v) is 6.12. The molecule has 0 bridgehead atoms. The van der Waals surface area contributed by atoms with Gasteiger partial charge in [-0.2, -0.15) is 0 Å². The minimum Gasteiger partial charge on any atom is -0.347 e. The standard InChI is InChI=1S/C22H25NS/c1-21(2)11-12-22(3,4)18-14-16(9-10-17(18)21)23-20-13-15-7-5-6-8-19(15)24-20/h5-10,13-14,23H,11-12H2,1-4H3/i5D,6D,7D,8D,13D. The molecule has 0 radical (unpaired) electrons. The number of nitrogens with one attached hydrogen (secondary N) is 1. The van der Waals surface area contributed by atoms with E-state index in [0.29, 0.717) is 9.70 Å². The van der Waals surface area contributed by atoms with Crippen LogP contribution in [0.5, 0.6) is 0 Å². The van der Waals surface area contributed by atoms with Crippen LogP contribution in [0.2, 0.25) is 0 Å². The summed E-state index contributed by atoms with van der Waals surface area (Å²) in [5.41, 5.74) is 3.77. The molecule has 1 N–H and O–H groups in total. The average Bonchev–Trinajstić information content (AvgIpc) is 2.99. The largest absolute Gasteiger partial charge is 0.347 e.